The van der Waals surface area contributed by atoms with Crippen LogP contribution in [0, 0.1) is 6.92 Å². The van der Waals surface area contributed by atoms with Crippen molar-refractivity contribution in [2.75, 3.05) is 19.8 Å². The number of hydrogen-bond acceptors (Lipinski definition) is 5. The van der Waals surface area contributed by atoms with Gasteiger partial charge in [0, 0.05) is 22.9 Å². The first-order valence-corrected chi connectivity index (χ1v) is 11.0. The SMILES string of the molecule is Cc1ccc(-c2nc(CC(=O)NCC(C)(C)c3ccc4c(c3)OCCO4)cs2)cc1. The number of aromatic nitrogens is 1. The number of rotatable bonds is 6. The summed E-state index contributed by atoms with van der Waals surface area (Å²) in [6.45, 7) is 7.95. The van der Waals surface area contributed by atoms with Crippen LogP contribution < -0.4 is 14.8 Å². The quantitative estimate of drug-likeness (QED) is 0.634. The lowest BCUT2D eigenvalue weighted by molar-refractivity contribution is -0.120. The minimum Gasteiger partial charge on any atom is -0.486 e. The van der Waals surface area contributed by atoms with E-state index in [4.69, 9.17) is 9.47 Å². The van der Waals surface area contributed by atoms with Crippen molar-refractivity contribution in [3.05, 3.63) is 64.7 Å². The number of fused-ring (bicyclic) bond motifs is 1. The average molecular weight is 423 g/mol. The monoisotopic (exact) mass is 422 g/mol. The third-order valence-electron chi connectivity index (χ3n) is 5.24. The average Bonchev–Trinajstić information content (AvgIpc) is 3.21. The van der Waals surface area contributed by atoms with Crippen molar-refractivity contribution in [1.82, 2.24) is 10.3 Å². The highest BCUT2D eigenvalue weighted by Gasteiger charge is 2.24. The summed E-state index contributed by atoms with van der Waals surface area (Å²) in [4.78, 5) is 17.2. The van der Waals surface area contributed by atoms with Gasteiger partial charge in [0.2, 0.25) is 5.91 Å². The fourth-order valence-corrected chi connectivity index (χ4v) is 4.16. The first-order chi connectivity index (χ1) is 14.4. The molecular formula is C24H26N2O3S. The second-order valence-electron chi connectivity index (χ2n) is 8.21. The molecule has 1 N–H and O–H groups in total. The highest BCUT2D eigenvalue weighted by molar-refractivity contribution is 7.13. The molecule has 0 atom stereocenters. The maximum absolute atomic E-state index is 12.5. The van der Waals surface area contributed by atoms with Gasteiger partial charge in [-0.1, -0.05) is 49.7 Å². The van der Waals surface area contributed by atoms with Gasteiger partial charge in [-0.15, -0.1) is 11.3 Å². The number of hydrogen-bond donors (Lipinski definition) is 1. The number of carbonyl (C=O) groups is 1. The number of aryl methyl sites for hydroxylation is 1. The van der Waals surface area contributed by atoms with Crippen LogP contribution in [-0.4, -0.2) is 30.6 Å². The molecule has 0 bridgehead atoms. The standard InChI is InChI=1S/C24H26N2O3S/c1-16-4-6-17(7-5-16)23-26-19(14-30-23)13-22(27)25-15-24(2,3)18-8-9-20-21(12-18)29-11-10-28-20/h4-9,12,14H,10-11,13,15H2,1-3H3,(H,25,27). The molecule has 0 aliphatic carbocycles. The van der Waals surface area contributed by atoms with Crippen molar-refractivity contribution >= 4 is 17.2 Å². The van der Waals surface area contributed by atoms with E-state index < -0.39 is 0 Å². The largest absolute Gasteiger partial charge is 0.486 e. The third-order valence-corrected chi connectivity index (χ3v) is 6.18. The number of carbonyl (C=O) groups excluding carboxylic acids is 1. The molecule has 1 amide bonds. The van der Waals surface area contributed by atoms with E-state index in [-0.39, 0.29) is 17.7 Å². The molecule has 30 heavy (non-hydrogen) atoms. The smallest absolute Gasteiger partial charge is 0.226 e. The van der Waals surface area contributed by atoms with Gasteiger partial charge in [-0.2, -0.15) is 0 Å². The molecule has 5 nitrogen and oxygen atoms in total. The summed E-state index contributed by atoms with van der Waals surface area (Å²) in [5, 5.41) is 5.96. The Morgan fingerprint density at radius 1 is 1.10 bits per heavy atom. The molecule has 6 heteroatoms. The molecule has 0 saturated heterocycles. The predicted molar refractivity (Wildman–Crippen MR) is 119 cm³/mol. The van der Waals surface area contributed by atoms with E-state index in [1.165, 1.54) is 5.56 Å². The van der Waals surface area contributed by atoms with E-state index >= 15 is 0 Å². The van der Waals surface area contributed by atoms with E-state index in [1.807, 2.05) is 23.6 Å². The Morgan fingerprint density at radius 2 is 1.83 bits per heavy atom. The first kappa shape index (κ1) is 20.4. The zero-order chi connectivity index (χ0) is 21.1. The van der Waals surface area contributed by atoms with Gasteiger partial charge in [0.25, 0.3) is 0 Å². The fourth-order valence-electron chi connectivity index (χ4n) is 3.33. The van der Waals surface area contributed by atoms with Crippen LogP contribution in [0.15, 0.2) is 47.8 Å². The number of ether oxygens (including phenoxy) is 2. The molecule has 2 heterocycles. The van der Waals surface area contributed by atoms with E-state index in [2.05, 4.69) is 55.3 Å². The first-order valence-electron chi connectivity index (χ1n) is 10.1. The highest BCUT2D eigenvalue weighted by atomic mass is 32.1. The Kier molecular flexibility index (Phi) is 5.77. The van der Waals surface area contributed by atoms with E-state index in [1.54, 1.807) is 11.3 Å². The van der Waals surface area contributed by atoms with Crippen LogP contribution in [-0.2, 0) is 16.6 Å². The molecule has 1 aromatic heterocycles. The van der Waals surface area contributed by atoms with Crippen molar-refractivity contribution in [2.45, 2.75) is 32.6 Å². The van der Waals surface area contributed by atoms with E-state index in [0.717, 1.165) is 33.3 Å². The third kappa shape index (κ3) is 4.65. The van der Waals surface area contributed by atoms with Crippen molar-refractivity contribution in [2.24, 2.45) is 0 Å². The van der Waals surface area contributed by atoms with Gasteiger partial charge in [-0.05, 0) is 24.6 Å². The molecule has 4 rings (SSSR count). The van der Waals surface area contributed by atoms with E-state index in [9.17, 15) is 4.79 Å². The summed E-state index contributed by atoms with van der Waals surface area (Å²) < 4.78 is 11.3. The van der Waals surface area contributed by atoms with Crippen molar-refractivity contribution in [1.29, 1.82) is 0 Å². The lowest BCUT2D eigenvalue weighted by Crippen LogP contribution is -2.37. The number of benzene rings is 2. The topological polar surface area (TPSA) is 60.5 Å². The van der Waals surface area contributed by atoms with Gasteiger partial charge >= 0.3 is 0 Å². The van der Waals surface area contributed by atoms with Crippen molar-refractivity contribution in [3.63, 3.8) is 0 Å². The molecule has 0 saturated carbocycles. The zero-order valence-electron chi connectivity index (χ0n) is 17.5. The molecule has 0 fully saturated rings. The summed E-state index contributed by atoms with van der Waals surface area (Å²) in [5.74, 6) is 1.52. The van der Waals surface area contributed by atoms with Gasteiger partial charge in [-0.3, -0.25) is 4.79 Å². The normalized spacial score (nSPS) is 13.2. The Balaban J connectivity index is 1.36. The van der Waals surface area contributed by atoms with Gasteiger partial charge in [-0.25, -0.2) is 4.98 Å². The maximum Gasteiger partial charge on any atom is 0.226 e. The van der Waals surface area contributed by atoms with Crippen LogP contribution in [0.3, 0.4) is 0 Å². The van der Waals surface area contributed by atoms with Gasteiger partial charge in [0.05, 0.1) is 12.1 Å². The molecule has 0 radical (unpaired) electrons. The summed E-state index contributed by atoms with van der Waals surface area (Å²) in [6.07, 6.45) is 0.277. The lowest BCUT2D eigenvalue weighted by atomic mass is 9.84. The van der Waals surface area contributed by atoms with Crippen LogP contribution in [0.5, 0.6) is 11.5 Å². The molecule has 156 valence electrons. The number of nitrogens with one attached hydrogen (secondary N) is 1. The van der Waals surface area contributed by atoms with Gasteiger partial charge < -0.3 is 14.8 Å². The number of thiazole rings is 1. The van der Waals surface area contributed by atoms with Crippen LogP contribution in [0.25, 0.3) is 10.6 Å². The molecule has 0 unspecified atom stereocenters. The minimum absolute atomic E-state index is 0.0265. The van der Waals surface area contributed by atoms with Crippen LogP contribution in [0.4, 0.5) is 0 Å². The number of amides is 1. The maximum atomic E-state index is 12.5. The summed E-state index contributed by atoms with van der Waals surface area (Å²) in [5.41, 5.74) is 3.96. The molecule has 3 aromatic rings. The Labute approximate surface area is 181 Å². The molecule has 2 aromatic carbocycles. The van der Waals surface area contributed by atoms with Gasteiger partial charge in [0.15, 0.2) is 11.5 Å². The minimum atomic E-state index is -0.235. The van der Waals surface area contributed by atoms with Crippen LogP contribution in [0.2, 0.25) is 0 Å². The summed E-state index contributed by atoms with van der Waals surface area (Å²) >= 11 is 1.57. The fraction of sp³-hybridized carbons (Fsp3) is 0.333. The highest BCUT2D eigenvalue weighted by Crippen LogP contribution is 2.35. The van der Waals surface area contributed by atoms with Crippen molar-refractivity contribution < 1.29 is 14.3 Å². The van der Waals surface area contributed by atoms with Crippen LogP contribution >= 0.6 is 11.3 Å². The molecule has 1 aliphatic rings. The Morgan fingerprint density at radius 3 is 2.60 bits per heavy atom. The molecule has 0 spiro atoms. The summed E-state index contributed by atoms with van der Waals surface area (Å²) in [7, 11) is 0. The van der Waals surface area contributed by atoms with E-state index in [0.29, 0.717) is 19.8 Å². The zero-order valence-corrected chi connectivity index (χ0v) is 18.3. The predicted octanol–water partition coefficient (Wildman–Crippen LogP) is 4.53. The Hall–Kier alpha value is -2.86. The van der Waals surface area contributed by atoms with Gasteiger partial charge in [0.1, 0.15) is 18.2 Å². The molecular weight excluding hydrogens is 396 g/mol. The van der Waals surface area contributed by atoms with Crippen molar-refractivity contribution in [3.8, 4) is 22.1 Å². The second-order valence-corrected chi connectivity index (χ2v) is 9.06. The number of nitrogens with zero attached hydrogens (tertiary/aromatic N) is 1. The Bertz CT molecular complexity index is 1040. The van der Waals surface area contributed by atoms with Crippen LogP contribution in [0.1, 0.15) is 30.7 Å². The lowest BCUT2D eigenvalue weighted by Gasteiger charge is -2.27. The second kappa shape index (κ2) is 8.48. The molecule has 1 aliphatic heterocycles. The summed E-state index contributed by atoms with van der Waals surface area (Å²) in [6, 6.07) is 14.3.